The molecule has 0 amide bonds. The van der Waals surface area contributed by atoms with Gasteiger partial charge in [-0.3, -0.25) is 9.69 Å². The maximum Gasteiger partial charge on any atom is 0.315 e. The Hall–Kier alpha value is -1.57. The lowest BCUT2D eigenvalue weighted by Gasteiger charge is -2.58. The number of hydrogen-bond donors (Lipinski definition) is 1. The van der Waals surface area contributed by atoms with Gasteiger partial charge in [-0.25, -0.2) is 4.39 Å². The van der Waals surface area contributed by atoms with Crippen LogP contribution in [-0.2, 0) is 19.1 Å². The lowest BCUT2D eigenvalue weighted by atomic mass is 9.43. The maximum atomic E-state index is 13.5. The Morgan fingerprint density at radius 2 is 2.08 bits per heavy atom. The molecule has 4 aliphatic carbocycles. The van der Waals surface area contributed by atoms with Crippen molar-refractivity contribution in [3.8, 4) is 0 Å². The summed E-state index contributed by atoms with van der Waals surface area (Å²) < 4.78 is 25.7. The third kappa shape index (κ3) is 3.31. The maximum absolute atomic E-state index is 13.5. The van der Waals surface area contributed by atoms with Gasteiger partial charge in [0.25, 0.3) is 0 Å². The molecule has 0 aromatic rings. The number of fused-ring (bicyclic) bond motifs is 2. The molecule has 9 atom stereocenters. The number of morpholine rings is 1. The Bertz CT molecular complexity index is 965. The van der Waals surface area contributed by atoms with Gasteiger partial charge in [0.05, 0.1) is 18.1 Å². The van der Waals surface area contributed by atoms with Crippen LogP contribution in [0.3, 0.4) is 0 Å². The van der Waals surface area contributed by atoms with E-state index in [1.54, 1.807) is 0 Å². The number of hydrogen-bond acceptors (Lipinski definition) is 5. The highest BCUT2D eigenvalue weighted by molar-refractivity contribution is 5.90. The van der Waals surface area contributed by atoms with Crippen LogP contribution in [0.4, 0.5) is 4.39 Å². The molecule has 0 aromatic carbocycles. The summed E-state index contributed by atoms with van der Waals surface area (Å²) in [6, 6.07) is 0. The Morgan fingerprint density at radius 3 is 2.72 bits per heavy atom. The second-order valence-electron chi connectivity index (χ2n) is 12.8. The predicted octanol–water partition coefficient (Wildman–Crippen LogP) is 4.50. The molecule has 1 unspecified atom stereocenters. The van der Waals surface area contributed by atoms with Crippen molar-refractivity contribution in [2.45, 2.75) is 65.8 Å². The molecule has 7 heteroatoms. The molecular weight excluding hydrogens is 461 g/mol. The number of carbonyl (C=O) groups excluding carboxylic acids is 1. The van der Waals surface area contributed by atoms with Crippen molar-refractivity contribution in [3.63, 3.8) is 0 Å². The van der Waals surface area contributed by atoms with E-state index in [4.69, 9.17) is 9.47 Å². The molecule has 1 heterocycles. The summed E-state index contributed by atoms with van der Waals surface area (Å²) in [7, 11) is 0. The number of ether oxygens (including phenoxy) is 2. The first-order chi connectivity index (χ1) is 17.1. The van der Waals surface area contributed by atoms with Crippen molar-refractivity contribution in [2.75, 3.05) is 32.9 Å². The molecule has 3 saturated carbocycles. The van der Waals surface area contributed by atoms with Crippen molar-refractivity contribution >= 4 is 12.3 Å². The van der Waals surface area contributed by atoms with Crippen LogP contribution in [0.2, 0.25) is 0 Å². The number of aliphatic carboxylic acids is 1. The highest BCUT2D eigenvalue weighted by atomic mass is 19.1. The average molecular weight is 504 g/mol. The van der Waals surface area contributed by atoms with E-state index in [1.807, 2.05) is 6.92 Å². The molecule has 1 aliphatic heterocycles. The lowest BCUT2D eigenvalue weighted by Crippen LogP contribution is -2.64. The van der Waals surface area contributed by atoms with Gasteiger partial charge in [0.1, 0.15) is 18.4 Å². The zero-order valence-electron chi connectivity index (χ0n) is 22.2. The molecule has 4 fully saturated rings. The summed E-state index contributed by atoms with van der Waals surface area (Å²) in [4.78, 5) is 28.7. The summed E-state index contributed by atoms with van der Waals surface area (Å²) in [6.45, 7) is 13.4. The summed E-state index contributed by atoms with van der Waals surface area (Å²) in [5, 5.41) is 11.1. The van der Waals surface area contributed by atoms with Crippen molar-refractivity contribution in [2.24, 2.45) is 45.8 Å². The first kappa shape index (κ1) is 26.1. The van der Waals surface area contributed by atoms with Crippen LogP contribution < -0.4 is 0 Å². The topological polar surface area (TPSA) is 76.1 Å². The molecule has 0 spiro atoms. The van der Waals surface area contributed by atoms with Crippen LogP contribution in [0.15, 0.2) is 23.8 Å². The Morgan fingerprint density at radius 1 is 1.33 bits per heavy atom. The van der Waals surface area contributed by atoms with E-state index >= 15 is 0 Å². The fourth-order valence-corrected chi connectivity index (χ4v) is 9.45. The first-order valence-electron chi connectivity index (χ1n) is 13.7. The number of carboxylic acid groups (broad SMARTS) is 1. The van der Waals surface area contributed by atoms with E-state index in [0.717, 1.165) is 31.1 Å². The molecule has 4 bridgehead atoms. The zero-order valence-corrected chi connectivity index (χ0v) is 22.2. The van der Waals surface area contributed by atoms with Crippen LogP contribution in [0.25, 0.3) is 0 Å². The van der Waals surface area contributed by atoms with E-state index in [0.29, 0.717) is 43.5 Å². The SMILES string of the molecule is C=C(CF)CN1C[C@H](OCC23C[C@@H]4[C@H](C)CC[C@H]4[C@@]4(C=O)C[C@H]2C=C(C(C)C)[C@@]34C(=O)O)O[C@H](C)C1. The smallest absolute Gasteiger partial charge is 0.315 e. The van der Waals surface area contributed by atoms with Crippen molar-refractivity contribution in [1.29, 1.82) is 0 Å². The summed E-state index contributed by atoms with van der Waals surface area (Å²) in [5.41, 5.74) is -1.36. The molecular formula is C29H42FNO5. The Balaban J connectivity index is 1.51. The number of carboxylic acids is 1. The summed E-state index contributed by atoms with van der Waals surface area (Å²) in [6.07, 6.45) is 5.94. The van der Waals surface area contributed by atoms with Gasteiger partial charge < -0.3 is 19.4 Å². The normalized spacial score (nSPS) is 45.6. The molecule has 36 heavy (non-hydrogen) atoms. The van der Waals surface area contributed by atoms with E-state index in [-0.39, 0.29) is 30.5 Å². The average Bonchev–Trinajstić information content (AvgIpc) is 3.39. The quantitative estimate of drug-likeness (QED) is 0.369. The predicted molar refractivity (Wildman–Crippen MR) is 134 cm³/mol. The molecule has 5 rings (SSSR count). The largest absolute Gasteiger partial charge is 0.481 e. The monoisotopic (exact) mass is 503 g/mol. The van der Waals surface area contributed by atoms with Gasteiger partial charge >= 0.3 is 5.97 Å². The third-order valence-electron chi connectivity index (χ3n) is 10.6. The standard InChI is InChI=1S/C29H42FNO5/c1-17(2)24-8-21-9-27(15-32)23-7-6-19(4)22(23)10-28(21,29(24,27)26(33)34)16-35-25-14-31(12-18(3)11-30)13-20(5)36-25/h8,15,17,19-23,25H,3,6-7,9-14,16H2,1-2,4-5H3,(H,33,34)/t19-,20-,21-,22-,23-,25-,27+,28?,29+/m1/s1. The highest BCUT2D eigenvalue weighted by Crippen LogP contribution is 2.82. The molecule has 1 N–H and O–H groups in total. The van der Waals surface area contributed by atoms with Gasteiger partial charge in [0.2, 0.25) is 0 Å². The van der Waals surface area contributed by atoms with Crippen LogP contribution in [0.5, 0.6) is 0 Å². The number of aldehydes is 1. The highest BCUT2D eigenvalue weighted by Gasteiger charge is 2.84. The second kappa shape index (κ2) is 9.02. The number of nitrogens with zero attached hydrogens (tertiary/aromatic N) is 1. The number of halogens is 1. The fourth-order valence-electron chi connectivity index (χ4n) is 9.45. The van der Waals surface area contributed by atoms with Gasteiger partial charge in [0, 0.05) is 25.0 Å². The Labute approximate surface area is 214 Å². The summed E-state index contributed by atoms with van der Waals surface area (Å²) in [5.74, 6) is 0.0654. The van der Waals surface area contributed by atoms with E-state index in [1.165, 1.54) is 0 Å². The van der Waals surface area contributed by atoms with Crippen LogP contribution >= 0.6 is 0 Å². The van der Waals surface area contributed by atoms with Crippen molar-refractivity contribution in [3.05, 3.63) is 23.8 Å². The third-order valence-corrected chi connectivity index (χ3v) is 10.6. The fraction of sp³-hybridized carbons (Fsp3) is 0.793. The first-order valence-corrected chi connectivity index (χ1v) is 13.7. The van der Waals surface area contributed by atoms with Crippen LogP contribution in [0.1, 0.15) is 53.4 Å². The molecule has 0 aromatic heterocycles. The van der Waals surface area contributed by atoms with E-state index in [9.17, 15) is 19.1 Å². The molecule has 1 saturated heterocycles. The lowest BCUT2D eigenvalue weighted by molar-refractivity contribution is -0.235. The van der Waals surface area contributed by atoms with Gasteiger partial charge in [-0.15, -0.1) is 0 Å². The number of rotatable bonds is 9. The van der Waals surface area contributed by atoms with Gasteiger partial charge in [-0.2, -0.15) is 0 Å². The molecule has 5 aliphatic rings. The van der Waals surface area contributed by atoms with E-state index < -0.39 is 35.2 Å². The van der Waals surface area contributed by atoms with E-state index in [2.05, 4.69) is 38.3 Å². The minimum atomic E-state index is -1.24. The minimum absolute atomic E-state index is 0.00238. The second-order valence-corrected chi connectivity index (χ2v) is 12.8. The summed E-state index contributed by atoms with van der Waals surface area (Å²) >= 11 is 0. The van der Waals surface area contributed by atoms with Crippen LogP contribution in [-0.4, -0.2) is 67.6 Å². The number of alkyl halides is 1. The van der Waals surface area contributed by atoms with Crippen molar-refractivity contribution < 1.29 is 28.6 Å². The van der Waals surface area contributed by atoms with Gasteiger partial charge in [-0.1, -0.05) is 45.4 Å². The van der Waals surface area contributed by atoms with Gasteiger partial charge in [0.15, 0.2) is 6.29 Å². The number of allylic oxidation sites excluding steroid dienone is 1. The molecule has 0 radical (unpaired) electrons. The minimum Gasteiger partial charge on any atom is -0.481 e. The molecule has 6 nitrogen and oxygen atoms in total. The molecule has 200 valence electrons. The van der Waals surface area contributed by atoms with Crippen LogP contribution in [0, 0.1) is 45.8 Å². The van der Waals surface area contributed by atoms with Gasteiger partial charge in [-0.05, 0) is 61.3 Å². The number of carbonyl (C=O) groups is 2. The zero-order chi connectivity index (χ0) is 26.0. The van der Waals surface area contributed by atoms with Crippen molar-refractivity contribution in [1.82, 2.24) is 4.90 Å². The Kier molecular flexibility index (Phi) is 6.53.